The third kappa shape index (κ3) is 1.96. The maximum atomic E-state index is 5.51. The zero-order chi connectivity index (χ0) is 7.78. The molecule has 1 aliphatic heterocycles. The van der Waals surface area contributed by atoms with E-state index < -0.39 is 0 Å². The molecule has 10 heavy (non-hydrogen) atoms. The van der Waals surface area contributed by atoms with Gasteiger partial charge in [-0.2, -0.15) is 0 Å². The first-order valence-corrected chi connectivity index (χ1v) is 3.93. The zero-order valence-corrected chi connectivity index (χ0v) is 7.27. The first-order valence-electron chi connectivity index (χ1n) is 3.93. The van der Waals surface area contributed by atoms with Gasteiger partial charge in [-0.15, -0.1) is 0 Å². The van der Waals surface area contributed by atoms with Crippen molar-refractivity contribution in [2.75, 3.05) is 0 Å². The molecule has 1 heterocycles. The molecule has 0 aliphatic carbocycles. The van der Waals surface area contributed by atoms with Crippen LogP contribution in [0, 0.1) is 0 Å². The summed E-state index contributed by atoms with van der Waals surface area (Å²) < 4.78 is 5.51. The van der Waals surface area contributed by atoms with E-state index in [1.165, 1.54) is 0 Å². The molecule has 0 spiro atoms. The first-order chi connectivity index (χ1) is 4.49. The standard InChI is InChI=1S/C8H17NO/c1-6-5-8(3,4)9-7(2)10-6/h6-7,9H,5H2,1-4H3/t6-,7+/m1/s1. The van der Waals surface area contributed by atoms with Crippen LogP contribution in [0.25, 0.3) is 0 Å². The second-order valence-corrected chi connectivity index (χ2v) is 3.82. The molecule has 0 saturated carbocycles. The van der Waals surface area contributed by atoms with E-state index in [9.17, 15) is 0 Å². The zero-order valence-electron chi connectivity index (χ0n) is 7.27. The van der Waals surface area contributed by atoms with Gasteiger partial charge in [-0.25, -0.2) is 0 Å². The molecule has 0 unspecified atom stereocenters. The fourth-order valence-corrected chi connectivity index (χ4v) is 1.76. The number of nitrogens with one attached hydrogen (secondary N) is 1. The topological polar surface area (TPSA) is 21.3 Å². The van der Waals surface area contributed by atoms with Crippen molar-refractivity contribution < 1.29 is 4.74 Å². The lowest BCUT2D eigenvalue weighted by molar-refractivity contribution is -0.0773. The first kappa shape index (κ1) is 8.02. The Labute approximate surface area is 63.0 Å². The molecule has 0 aromatic rings. The summed E-state index contributed by atoms with van der Waals surface area (Å²) in [5.74, 6) is 0. The Bertz CT molecular complexity index is 110. The fourth-order valence-electron chi connectivity index (χ4n) is 1.76. The van der Waals surface area contributed by atoms with Crippen LogP contribution in [0.5, 0.6) is 0 Å². The van der Waals surface area contributed by atoms with Crippen LogP contribution in [-0.4, -0.2) is 17.9 Å². The van der Waals surface area contributed by atoms with Gasteiger partial charge < -0.3 is 4.74 Å². The summed E-state index contributed by atoms with van der Waals surface area (Å²) in [5, 5.41) is 3.36. The van der Waals surface area contributed by atoms with Crippen molar-refractivity contribution in [1.29, 1.82) is 0 Å². The van der Waals surface area contributed by atoms with E-state index in [2.05, 4.69) is 33.0 Å². The maximum Gasteiger partial charge on any atom is 0.106 e. The summed E-state index contributed by atoms with van der Waals surface area (Å²) in [7, 11) is 0. The largest absolute Gasteiger partial charge is 0.361 e. The number of rotatable bonds is 0. The number of hydrogen-bond acceptors (Lipinski definition) is 2. The fraction of sp³-hybridized carbons (Fsp3) is 1.00. The van der Waals surface area contributed by atoms with Crippen molar-refractivity contribution in [3.8, 4) is 0 Å². The maximum absolute atomic E-state index is 5.51. The second kappa shape index (κ2) is 2.51. The van der Waals surface area contributed by atoms with Crippen LogP contribution in [0.2, 0.25) is 0 Å². The monoisotopic (exact) mass is 143 g/mol. The molecule has 1 rings (SSSR count). The molecular weight excluding hydrogens is 126 g/mol. The van der Waals surface area contributed by atoms with Gasteiger partial charge in [0.05, 0.1) is 6.10 Å². The predicted molar refractivity (Wildman–Crippen MR) is 41.8 cm³/mol. The molecule has 0 aromatic heterocycles. The van der Waals surface area contributed by atoms with Gasteiger partial charge in [-0.05, 0) is 34.1 Å². The summed E-state index contributed by atoms with van der Waals surface area (Å²) in [4.78, 5) is 0. The van der Waals surface area contributed by atoms with Crippen LogP contribution in [0.15, 0.2) is 0 Å². The highest BCUT2D eigenvalue weighted by Crippen LogP contribution is 2.20. The smallest absolute Gasteiger partial charge is 0.106 e. The van der Waals surface area contributed by atoms with E-state index in [0.29, 0.717) is 6.10 Å². The van der Waals surface area contributed by atoms with E-state index in [1.807, 2.05) is 0 Å². The highest BCUT2D eigenvalue weighted by atomic mass is 16.5. The minimum absolute atomic E-state index is 0.207. The molecule has 2 heteroatoms. The minimum Gasteiger partial charge on any atom is -0.361 e. The minimum atomic E-state index is 0.207. The lowest BCUT2D eigenvalue weighted by Gasteiger charge is -2.39. The van der Waals surface area contributed by atoms with Crippen molar-refractivity contribution in [3.05, 3.63) is 0 Å². The number of ether oxygens (including phenoxy) is 1. The molecule has 2 nitrogen and oxygen atoms in total. The van der Waals surface area contributed by atoms with Crippen molar-refractivity contribution in [3.63, 3.8) is 0 Å². The van der Waals surface area contributed by atoms with Crippen LogP contribution in [0.1, 0.15) is 34.1 Å². The Morgan fingerprint density at radius 3 is 2.40 bits per heavy atom. The lowest BCUT2D eigenvalue weighted by Crippen LogP contribution is -2.53. The second-order valence-electron chi connectivity index (χ2n) is 3.82. The van der Waals surface area contributed by atoms with Gasteiger partial charge in [0.2, 0.25) is 0 Å². The van der Waals surface area contributed by atoms with E-state index in [4.69, 9.17) is 4.74 Å². The number of hydrogen-bond donors (Lipinski definition) is 1. The summed E-state index contributed by atoms with van der Waals surface area (Å²) in [5.41, 5.74) is 0.247. The lowest BCUT2D eigenvalue weighted by atomic mass is 9.95. The van der Waals surface area contributed by atoms with E-state index in [0.717, 1.165) is 6.42 Å². The molecule has 2 atom stereocenters. The molecule has 0 radical (unpaired) electrons. The Kier molecular flexibility index (Phi) is 2.02. The SMILES string of the molecule is C[C@@H]1CC(C)(C)N[C@H](C)O1. The summed E-state index contributed by atoms with van der Waals surface area (Å²) in [6.45, 7) is 8.60. The predicted octanol–water partition coefficient (Wildman–Crippen LogP) is 1.51. The summed E-state index contributed by atoms with van der Waals surface area (Å²) in [6, 6.07) is 0. The molecular formula is C8H17NO. The Morgan fingerprint density at radius 2 is 2.00 bits per heavy atom. The third-order valence-corrected chi connectivity index (χ3v) is 1.83. The average molecular weight is 143 g/mol. The van der Waals surface area contributed by atoms with Crippen molar-refractivity contribution >= 4 is 0 Å². The molecule has 1 fully saturated rings. The highest BCUT2D eigenvalue weighted by molar-refractivity contribution is 4.84. The van der Waals surface area contributed by atoms with Crippen LogP contribution in [0.3, 0.4) is 0 Å². The Morgan fingerprint density at radius 1 is 1.40 bits per heavy atom. The highest BCUT2D eigenvalue weighted by Gasteiger charge is 2.28. The van der Waals surface area contributed by atoms with Gasteiger partial charge in [0.15, 0.2) is 0 Å². The molecule has 0 aromatic carbocycles. The molecule has 1 N–H and O–H groups in total. The molecule has 0 bridgehead atoms. The van der Waals surface area contributed by atoms with Gasteiger partial charge in [-0.3, -0.25) is 5.32 Å². The van der Waals surface area contributed by atoms with E-state index in [1.54, 1.807) is 0 Å². The summed E-state index contributed by atoms with van der Waals surface area (Å²) in [6.07, 6.45) is 1.70. The van der Waals surface area contributed by atoms with E-state index in [-0.39, 0.29) is 11.8 Å². The van der Waals surface area contributed by atoms with Crippen molar-refractivity contribution in [2.24, 2.45) is 0 Å². The molecule has 0 amide bonds. The third-order valence-electron chi connectivity index (χ3n) is 1.83. The molecule has 1 saturated heterocycles. The average Bonchev–Trinajstić information content (AvgIpc) is 1.54. The Hall–Kier alpha value is -0.0800. The van der Waals surface area contributed by atoms with Crippen LogP contribution < -0.4 is 5.32 Å². The molecule has 1 aliphatic rings. The summed E-state index contributed by atoms with van der Waals surface area (Å²) >= 11 is 0. The van der Waals surface area contributed by atoms with Gasteiger partial charge in [-0.1, -0.05) is 0 Å². The van der Waals surface area contributed by atoms with Gasteiger partial charge in [0.25, 0.3) is 0 Å². The van der Waals surface area contributed by atoms with Crippen molar-refractivity contribution in [1.82, 2.24) is 5.32 Å². The quantitative estimate of drug-likeness (QED) is 0.555. The van der Waals surface area contributed by atoms with Crippen LogP contribution in [0.4, 0.5) is 0 Å². The van der Waals surface area contributed by atoms with Gasteiger partial charge in [0.1, 0.15) is 6.23 Å². The van der Waals surface area contributed by atoms with Crippen LogP contribution in [-0.2, 0) is 4.74 Å². The Balaban J connectivity index is 2.51. The van der Waals surface area contributed by atoms with Crippen LogP contribution >= 0.6 is 0 Å². The van der Waals surface area contributed by atoms with E-state index >= 15 is 0 Å². The normalized spacial score (nSPS) is 39.6. The van der Waals surface area contributed by atoms with Gasteiger partial charge >= 0.3 is 0 Å². The molecule has 60 valence electrons. The van der Waals surface area contributed by atoms with Gasteiger partial charge in [0, 0.05) is 5.54 Å². The van der Waals surface area contributed by atoms with Crippen molar-refractivity contribution in [2.45, 2.75) is 52.0 Å².